The molecule has 0 unspecified atom stereocenters. The molecule has 0 saturated heterocycles. The molecule has 0 aromatic heterocycles. The predicted molar refractivity (Wildman–Crippen MR) is 88.3 cm³/mol. The lowest BCUT2D eigenvalue weighted by molar-refractivity contribution is -0.129. The summed E-state index contributed by atoms with van der Waals surface area (Å²) in [6.45, 7) is 12.2. The van der Waals surface area contributed by atoms with E-state index in [0.29, 0.717) is 5.76 Å². The van der Waals surface area contributed by atoms with Crippen LogP contribution < -0.4 is 0 Å². The van der Waals surface area contributed by atoms with Crippen LogP contribution >= 0.6 is 0 Å². The van der Waals surface area contributed by atoms with Gasteiger partial charge in [0.1, 0.15) is 5.76 Å². The molecular formula is C15H24O3Si2. The van der Waals surface area contributed by atoms with Gasteiger partial charge in [0.15, 0.2) is 0 Å². The average Bonchev–Trinajstić information content (AvgIpc) is 2.25. The van der Waals surface area contributed by atoms with E-state index in [1.54, 1.807) is 0 Å². The van der Waals surface area contributed by atoms with Crippen molar-refractivity contribution in [1.29, 1.82) is 0 Å². The van der Waals surface area contributed by atoms with Gasteiger partial charge in [0.25, 0.3) is 0 Å². The van der Waals surface area contributed by atoms with Crippen LogP contribution in [0.1, 0.15) is 5.56 Å². The number of benzene rings is 1. The molecule has 0 fully saturated rings. The third kappa shape index (κ3) is 6.72. The van der Waals surface area contributed by atoms with Crippen molar-refractivity contribution >= 4 is 28.4 Å². The van der Waals surface area contributed by atoms with Crippen LogP contribution in [0.15, 0.2) is 36.4 Å². The highest BCUT2D eigenvalue weighted by atomic mass is 28.4. The SMILES string of the molecule is C[Si](C)(C)OC(=O)/C=C(/O[Si](C)(C)C)c1ccccc1. The molecule has 0 N–H and O–H groups in total. The lowest BCUT2D eigenvalue weighted by Gasteiger charge is -2.22. The number of carbonyl (C=O) groups excluding carboxylic acids is 1. The van der Waals surface area contributed by atoms with E-state index in [0.717, 1.165) is 5.56 Å². The Morgan fingerprint density at radius 3 is 1.85 bits per heavy atom. The first-order valence-corrected chi connectivity index (χ1v) is 13.6. The second-order valence-electron chi connectivity index (χ2n) is 6.62. The van der Waals surface area contributed by atoms with Crippen LogP contribution in [-0.2, 0) is 13.6 Å². The van der Waals surface area contributed by atoms with Gasteiger partial charge in [-0.25, -0.2) is 4.79 Å². The normalized spacial score (nSPS) is 13.0. The number of hydrogen-bond donors (Lipinski definition) is 0. The fraction of sp³-hybridized carbons (Fsp3) is 0.400. The summed E-state index contributed by atoms with van der Waals surface area (Å²) in [5.41, 5.74) is 0.905. The molecule has 20 heavy (non-hydrogen) atoms. The van der Waals surface area contributed by atoms with Crippen molar-refractivity contribution < 1.29 is 13.6 Å². The molecule has 110 valence electrons. The standard InChI is InChI=1S/C15H24O3Si2/c1-19(2,3)17-14(13-10-8-7-9-11-13)12-15(16)18-20(4,5)6/h7-12H,1-6H3/b14-12+. The molecule has 0 saturated carbocycles. The molecule has 0 radical (unpaired) electrons. The lowest BCUT2D eigenvalue weighted by atomic mass is 10.2. The maximum absolute atomic E-state index is 12.0. The van der Waals surface area contributed by atoms with Gasteiger partial charge in [-0.3, -0.25) is 0 Å². The van der Waals surface area contributed by atoms with E-state index in [1.807, 2.05) is 50.0 Å². The zero-order valence-electron chi connectivity index (χ0n) is 13.2. The number of carbonyl (C=O) groups is 1. The summed E-state index contributed by atoms with van der Waals surface area (Å²) in [5.74, 6) is 0.286. The van der Waals surface area contributed by atoms with Gasteiger partial charge in [-0.15, -0.1) is 0 Å². The van der Waals surface area contributed by atoms with E-state index in [-0.39, 0.29) is 5.97 Å². The molecule has 3 nitrogen and oxygen atoms in total. The molecule has 0 atom stereocenters. The van der Waals surface area contributed by atoms with Gasteiger partial charge < -0.3 is 8.85 Å². The Labute approximate surface area is 123 Å². The van der Waals surface area contributed by atoms with Gasteiger partial charge >= 0.3 is 5.97 Å². The third-order valence-corrected chi connectivity index (χ3v) is 3.78. The maximum atomic E-state index is 12.0. The molecule has 5 heteroatoms. The summed E-state index contributed by atoms with van der Waals surface area (Å²) in [4.78, 5) is 12.0. The fourth-order valence-corrected chi connectivity index (χ4v) is 3.04. The van der Waals surface area contributed by atoms with Crippen molar-refractivity contribution in [2.45, 2.75) is 39.3 Å². The van der Waals surface area contributed by atoms with Gasteiger partial charge in [0, 0.05) is 5.56 Å². The number of hydrogen-bond acceptors (Lipinski definition) is 3. The first kappa shape index (κ1) is 16.7. The van der Waals surface area contributed by atoms with E-state index >= 15 is 0 Å². The molecule has 0 aliphatic heterocycles. The quantitative estimate of drug-likeness (QED) is 0.463. The van der Waals surface area contributed by atoms with Gasteiger partial charge in [-0.2, -0.15) is 0 Å². The highest BCUT2D eigenvalue weighted by molar-refractivity contribution is 6.71. The Balaban J connectivity index is 3.02. The van der Waals surface area contributed by atoms with Gasteiger partial charge in [-0.05, 0) is 39.3 Å². The van der Waals surface area contributed by atoms with Crippen LogP contribution in [0, 0.1) is 0 Å². The van der Waals surface area contributed by atoms with E-state index in [4.69, 9.17) is 8.85 Å². The monoisotopic (exact) mass is 308 g/mol. The summed E-state index contributed by atoms with van der Waals surface area (Å²) in [6.07, 6.45) is 1.48. The first-order chi connectivity index (χ1) is 9.07. The molecule has 1 aromatic rings. The molecule has 0 amide bonds. The van der Waals surface area contributed by atoms with Crippen LogP contribution in [0.4, 0.5) is 0 Å². The molecule has 0 aliphatic carbocycles. The Kier molecular flexibility index (Phi) is 5.36. The van der Waals surface area contributed by atoms with Crippen LogP contribution in [0.3, 0.4) is 0 Å². The van der Waals surface area contributed by atoms with Crippen molar-refractivity contribution in [3.05, 3.63) is 42.0 Å². The zero-order valence-corrected chi connectivity index (χ0v) is 15.2. The van der Waals surface area contributed by atoms with Crippen LogP contribution in [0.2, 0.25) is 39.3 Å². The predicted octanol–water partition coefficient (Wildman–Crippen LogP) is 4.26. The van der Waals surface area contributed by atoms with E-state index < -0.39 is 16.6 Å². The van der Waals surface area contributed by atoms with Crippen LogP contribution in [0.25, 0.3) is 5.76 Å². The summed E-state index contributed by atoms with van der Waals surface area (Å²) in [7, 11) is -3.68. The molecule has 0 spiro atoms. The van der Waals surface area contributed by atoms with E-state index in [9.17, 15) is 4.79 Å². The highest BCUT2D eigenvalue weighted by Gasteiger charge is 2.22. The maximum Gasteiger partial charge on any atom is 0.321 e. The summed E-state index contributed by atoms with van der Waals surface area (Å²) in [6, 6.07) is 9.68. The van der Waals surface area contributed by atoms with Gasteiger partial charge in [0.05, 0.1) is 6.08 Å². The van der Waals surface area contributed by atoms with E-state index in [1.165, 1.54) is 6.08 Å². The molecule has 1 aromatic carbocycles. The second kappa shape index (κ2) is 6.41. The smallest absolute Gasteiger partial charge is 0.321 e. The van der Waals surface area contributed by atoms with Crippen molar-refractivity contribution in [3.63, 3.8) is 0 Å². The average molecular weight is 309 g/mol. The Bertz CT molecular complexity index is 482. The summed E-state index contributed by atoms with van der Waals surface area (Å²) >= 11 is 0. The van der Waals surface area contributed by atoms with Crippen molar-refractivity contribution in [3.8, 4) is 0 Å². The molecule has 0 aliphatic rings. The van der Waals surface area contributed by atoms with Crippen LogP contribution in [-0.4, -0.2) is 22.6 Å². The Morgan fingerprint density at radius 2 is 1.40 bits per heavy atom. The third-order valence-electron chi connectivity index (χ3n) is 2.13. The van der Waals surface area contributed by atoms with Gasteiger partial charge in [-0.1, -0.05) is 30.3 Å². The molecular weight excluding hydrogens is 284 g/mol. The highest BCUT2D eigenvalue weighted by Crippen LogP contribution is 2.21. The van der Waals surface area contributed by atoms with Crippen molar-refractivity contribution in [1.82, 2.24) is 0 Å². The van der Waals surface area contributed by atoms with Crippen molar-refractivity contribution in [2.24, 2.45) is 0 Å². The Morgan fingerprint density at radius 1 is 0.900 bits per heavy atom. The van der Waals surface area contributed by atoms with Gasteiger partial charge in [0.2, 0.25) is 16.6 Å². The minimum absolute atomic E-state index is 0.318. The first-order valence-electron chi connectivity index (χ1n) is 6.76. The Hall–Kier alpha value is -1.34. The number of rotatable bonds is 5. The molecule has 0 bridgehead atoms. The fourth-order valence-electron chi connectivity index (χ4n) is 1.54. The summed E-state index contributed by atoms with van der Waals surface area (Å²) < 4.78 is 11.5. The minimum Gasteiger partial charge on any atom is -0.544 e. The second-order valence-corrected chi connectivity index (χ2v) is 15.5. The molecule has 1 rings (SSSR count). The van der Waals surface area contributed by atoms with E-state index in [2.05, 4.69) is 19.6 Å². The molecule has 0 heterocycles. The zero-order chi connectivity index (χ0) is 15.4. The van der Waals surface area contributed by atoms with Crippen LogP contribution in [0.5, 0.6) is 0 Å². The lowest BCUT2D eigenvalue weighted by Crippen LogP contribution is -2.29. The minimum atomic E-state index is -1.89. The van der Waals surface area contributed by atoms with Crippen molar-refractivity contribution in [2.75, 3.05) is 0 Å². The largest absolute Gasteiger partial charge is 0.544 e. The summed E-state index contributed by atoms with van der Waals surface area (Å²) in [5, 5.41) is 0. The topological polar surface area (TPSA) is 35.5 Å².